The smallest absolute Gasteiger partial charge is 0.245 e. The maximum absolute atomic E-state index is 5.72. The van der Waals surface area contributed by atoms with E-state index >= 15 is 0 Å². The van der Waals surface area contributed by atoms with E-state index in [-0.39, 0.29) is 18.3 Å². The summed E-state index contributed by atoms with van der Waals surface area (Å²) in [5, 5.41) is 0. The summed E-state index contributed by atoms with van der Waals surface area (Å²) in [6.45, 7) is 9.64. The minimum absolute atomic E-state index is 0. The van der Waals surface area contributed by atoms with E-state index in [1.807, 2.05) is 48.5 Å². The van der Waals surface area contributed by atoms with Gasteiger partial charge < -0.3 is 9.46 Å². The maximum atomic E-state index is 5.72. The standard InChI is InChI=1S/C13H17N3S.C13H16N2OS.CH4/c1-10(2)12-13(16-17(3)15-12)14-9-11-7-5-4-6-8-11;1-10(2)12-13(15-17(3)14-12)16-9-11-7-5-4-6-8-11;/h4-8,10H,3,9H2,1-2H3,(H,14,16);4-8,10H,3,9H2,1-2H3;1H4. The summed E-state index contributed by atoms with van der Waals surface area (Å²) in [7, 11) is -0.865. The van der Waals surface area contributed by atoms with Crippen molar-refractivity contribution in [2.24, 2.45) is 30.0 Å². The highest BCUT2D eigenvalue weighted by Gasteiger charge is 2.21. The van der Waals surface area contributed by atoms with Crippen LogP contribution in [0.4, 0.5) is 0 Å². The van der Waals surface area contributed by atoms with Gasteiger partial charge in [-0.2, -0.15) is 4.40 Å². The van der Waals surface area contributed by atoms with E-state index in [2.05, 4.69) is 74.5 Å². The number of hydrogen-bond acceptors (Lipinski definition) is 5. The molecule has 0 spiro atoms. The first-order chi connectivity index (χ1) is 16.3. The molecule has 188 valence electrons. The monoisotopic (exact) mass is 511 g/mol. The van der Waals surface area contributed by atoms with Crippen molar-refractivity contribution in [2.45, 2.75) is 48.3 Å². The highest BCUT2D eigenvalue weighted by Crippen LogP contribution is 2.25. The Labute approximate surface area is 215 Å². The lowest BCUT2D eigenvalue weighted by molar-refractivity contribution is 0.299. The summed E-state index contributed by atoms with van der Waals surface area (Å²) >= 11 is 0. The van der Waals surface area contributed by atoms with Gasteiger partial charge in [0, 0.05) is 33.5 Å². The molecule has 0 fully saturated rings. The van der Waals surface area contributed by atoms with Gasteiger partial charge in [-0.1, -0.05) is 95.8 Å². The van der Waals surface area contributed by atoms with Gasteiger partial charge >= 0.3 is 0 Å². The molecule has 0 radical (unpaired) electrons. The summed E-state index contributed by atoms with van der Waals surface area (Å²) in [5.74, 6) is 10.0. The van der Waals surface area contributed by atoms with Crippen LogP contribution in [0.2, 0.25) is 0 Å². The first kappa shape index (κ1) is 28.4. The molecule has 0 saturated carbocycles. The molecule has 0 aromatic heterocycles. The lowest BCUT2D eigenvalue weighted by Gasteiger charge is -2.09. The van der Waals surface area contributed by atoms with Gasteiger partial charge in [-0.15, -0.1) is 0 Å². The number of hydrogen-bond donors (Lipinski definition) is 1. The number of ether oxygens (including phenoxy) is 1. The Balaban J connectivity index is 0.000000240. The molecular formula is C27H37N5OS2. The van der Waals surface area contributed by atoms with Gasteiger partial charge in [0.1, 0.15) is 12.3 Å². The summed E-state index contributed by atoms with van der Waals surface area (Å²) in [6.07, 6.45) is 0. The van der Waals surface area contributed by atoms with Crippen LogP contribution in [0.1, 0.15) is 46.2 Å². The Bertz CT molecular complexity index is 1140. The van der Waals surface area contributed by atoms with Crippen LogP contribution in [0, 0.1) is 11.8 Å². The summed E-state index contributed by atoms with van der Waals surface area (Å²) in [6, 6.07) is 20.3. The van der Waals surface area contributed by atoms with E-state index in [1.165, 1.54) is 5.56 Å². The van der Waals surface area contributed by atoms with E-state index < -0.39 is 10.9 Å². The van der Waals surface area contributed by atoms with Crippen LogP contribution in [0.15, 0.2) is 78.8 Å². The van der Waals surface area contributed by atoms with Gasteiger partial charge in [0.05, 0.1) is 12.3 Å². The van der Waals surface area contributed by atoms with Crippen LogP contribution in [-0.4, -0.2) is 34.9 Å². The van der Waals surface area contributed by atoms with Crippen LogP contribution in [0.3, 0.4) is 0 Å². The highest BCUT2D eigenvalue weighted by atomic mass is 32.2. The van der Waals surface area contributed by atoms with Crippen molar-refractivity contribution >= 4 is 56.6 Å². The molecule has 4 rings (SSSR count). The minimum atomic E-state index is -0.511. The summed E-state index contributed by atoms with van der Waals surface area (Å²) < 4.78 is 22.1. The largest absolute Gasteiger partial charge is 0.471 e. The molecule has 2 aliphatic rings. The zero-order valence-corrected chi connectivity index (χ0v) is 21.9. The molecule has 8 heteroatoms. The third-order valence-electron chi connectivity index (χ3n) is 4.85. The zero-order chi connectivity index (χ0) is 24.5. The van der Waals surface area contributed by atoms with Crippen molar-refractivity contribution in [1.82, 2.24) is 4.72 Å². The van der Waals surface area contributed by atoms with E-state index in [9.17, 15) is 0 Å². The second-order valence-electron chi connectivity index (χ2n) is 8.39. The van der Waals surface area contributed by atoms with E-state index in [0.29, 0.717) is 30.9 Å². The molecule has 6 nitrogen and oxygen atoms in total. The van der Waals surface area contributed by atoms with Crippen molar-refractivity contribution in [3.8, 4) is 0 Å². The van der Waals surface area contributed by atoms with Gasteiger partial charge in [-0.05, 0) is 22.9 Å². The van der Waals surface area contributed by atoms with Crippen molar-refractivity contribution in [1.29, 1.82) is 0 Å². The Kier molecular flexibility index (Phi) is 11.3. The molecule has 2 aliphatic heterocycles. The van der Waals surface area contributed by atoms with Crippen molar-refractivity contribution < 1.29 is 4.74 Å². The van der Waals surface area contributed by atoms with Crippen LogP contribution >= 0.6 is 21.7 Å². The lowest BCUT2D eigenvalue weighted by Crippen LogP contribution is -2.25. The van der Waals surface area contributed by atoms with Gasteiger partial charge in [0.25, 0.3) is 0 Å². The molecule has 35 heavy (non-hydrogen) atoms. The molecule has 2 heterocycles. The van der Waals surface area contributed by atoms with E-state index in [1.54, 1.807) is 0 Å². The number of benzene rings is 2. The molecule has 2 aromatic carbocycles. The fourth-order valence-corrected chi connectivity index (χ4v) is 4.96. The molecule has 0 aliphatic carbocycles. The van der Waals surface area contributed by atoms with Crippen molar-refractivity contribution in [3.05, 3.63) is 71.8 Å². The first-order valence-electron chi connectivity index (χ1n) is 11.2. The average molecular weight is 512 g/mol. The molecular weight excluding hydrogens is 474 g/mol. The van der Waals surface area contributed by atoms with Crippen molar-refractivity contribution in [2.75, 3.05) is 0 Å². The summed E-state index contributed by atoms with van der Waals surface area (Å²) in [5.41, 5.74) is 4.31. The predicted molar refractivity (Wildman–Crippen MR) is 160 cm³/mol. The molecule has 1 N–H and O–H groups in total. The van der Waals surface area contributed by atoms with Crippen LogP contribution in [-0.2, 0) is 17.9 Å². The molecule has 2 atom stereocenters. The first-order valence-corrected chi connectivity index (χ1v) is 13.9. The topological polar surface area (TPSA) is 70.7 Å². The summed E-state index contributed by atoms with van der Waals surface area (Å²) in [4.78, 5) is 4.59. The number of rotatable bonds is 6. The van der Waals surface area contributed by atoms with E-state index in [0.717, 1.165) is 22.8 Å². The fourth-order valence-electron chi connectivity index (χ4n) is 3.09. The number of amidine groups is 1. The average Bonchev–Trinajstić information content (AvgIpc) is 3.40. The second kappa shape index (κ2) is 13.9. The third-order valence-corrected chi connectivity index (χ3v) is 6.48. The third kappa shape index (κ3) is 8.71. The second-order valence-corrected chi connectivity index (χ2v) is 10.6. The quantitative estimate of drug-likeness (QED) is 0.439. The molecule has 0 amide bonds. The molecule has 2 unspecified atom stereocenters. The van der Waals surface area contributed by atoms with Crippen LogP contribution < -0.4 is 4.72 Å². The fraction of sp³-hybridized carbons (Fsp3) is 0.333. The molecule has 0 saturated heterocycles. The Morgan fingerprint density at radius 3 is 1.97 bits per heavy atom. The number of aliphatic imine (C=N–C) groups is 1. The van der Waals surface area contributed by atoms with Gasteiger partial charge in [-0.3, -0.25) is 4.99 Å². The van der Waals surface area contributed by atoms with Crippen LogP contribution in [0.5, 0.6) is 0 Å². The van der Waals surface area contributed by atoms with E-state index in [4.69, 9.17) is 4.74 Å². The number of nitrogens with zero attached hydrogens (tertiary/aromatic N) is 4. The number of nitrogens with one attached hydrogen (secondary N) is 1. The van der Waals surface area contributed by atoms with Gasteiger partial charge in [-0.25, -0.2) is 8.80 Å². The SMILES string of the molecule is C.C=S1N=C(C(C)C)C(=NCc2ccccc2)N1.C=S1N=C(OCc2ccccc2)C(C(C)C)=N1. The normalized spacial score (nSPS) is 19.8. The van der Waals surface area contributed by atoms with Crippen molar-refractivity contribution in [3.63, 3.8) is 0 Å². The van der Waals surface area contributed by atoms with Gasteiger partial charge in [0.2, 0.25) is 5.90 Å². The lowest BCUT2D eigenvalue weighted by atomic mass is 10.1. The predicted octanol–water partition coefficient (Wildman–Crippen LogP) is 6.70. The maximum Gasteiger partial charge on any atom is 0.245 e. The highest BCUT2D eigenvalue weighted by molar-refractivity contribution is 8.12. The van der Waals surface area contributed by atoms with Crippen LogP contribution in [0.25, 0.3) is 0 Å². The molecule has 2 aromatic rings. The minimum Gasteiger partial charge on any atom is -0.471 e. The molecule has 0 bridgehead atoms. The zero-order valence-electron chi connectivity index (χ0n) is 20.3. The Morgan fingerprint density at radius 1 is 0.829 bits per heavy atom. The van der Waals surface area contributed by atoms with Gasteiger partial charge in [0.15, 0.2) is 5.84 Å². The Hall–Kier alpha value is -2.84. The Morgan fingerprint density at radius 2 is 1.40 bits per heavy atom.